The van der Waals surface area contributed by atoms with Gasteiger partial charge in [0.05, 0.1) is 23.7 Å². The molecule has 0 saturated heterocycles. The van der Waals surface area contributed by atoms with E-state index in [2.05, 4.69) is 10.2 Å². The number of nitrogens with two attached hydrogens (primary N) is 2. The molecule has 0 heterocycles. The first-order chi connectivity index (χ1) is 8.97. The minimum Gasteiger partial charge on any atom is -0.397 e. The van der Waals surface area contributed by atoms with E-state index in [4.69, 9.17) is 27.8 Å². The maximum atomic E-state index is 13.9. The second-order valence-corrected chi connectivity index (χ2v) is 4.66. The third kappa shape index (κ3) is 4.41. The maximum Gasteiger partial charge on any atom is 0.169 e. The summed E-state index contributed by atoms with van der Waals surface area (Å²) in [5.74, 6) is -0.612. The van der Waals surface area contributed by atoms with Crippen molar-refractivity contribution in [2.24, 2.45) is 0 Å². The second-order valence-electron chi connectivity index (χ2n) is 4.28. The summed E-state index contributed by atoms with van der Waals surface area (Å²) >= 11 is 5.74. The van der Waals surface area contributed by atoms with Gasteiger partial charge in [0.25, 0.3) is 0 Å². The molecule has 1 aromatic carbocycles. The normalized spacial score (nSPS) is 11.0. The molecular formula is C12H20ClFN4O. The average molecular weight is 291 g/mol. The molecule has 0 aliphatic carbocycles. The molecule has 0 bridgehead atoms. The molecule has 0 unspecified atom stereocenters. The number of nitrogens with zero attached hydrogens (tertiary/aromatic N) is 1. The fourth-order valence-electron chi connectivity index (χ4n) is 1.58. The predicted molar refractivity (Wildman–Crippen MR) is 78.1 cm³/mol. The Bertz CT molecular complexity index is 431. The summed E-state index contributed by atoms with van der Waals surface area (Å²) in [5.41, 5.74) is 11.8. The van der Waals surface area contributed by atoms with Crippen LogP contribution >= 0.6 is 11.6 Å². The van der Waals surface area contributed by atoms with Crippen molar-refractivity contribution in [2.75, 3.05) is 57.2 Å². The summed E-state index contributed by atoms with van der Waals surface area (Å²) < 4.78 is 18.8. The van der Waals surface area contributed by atoms with Crippen molar-refractivity contribution >= 4 is 28.7 Å². The third-order valence-electron chi connectivity index (χ3n) is 2.74. The SMILES string of the molecule is COCCN(C)CCNc1c(N)cc(N)c(Cl)c1F. The van der Waals surface area contributed by atoms with E-state index in [1.165, 1.54) is 6.07 Å². The van der Waals surface area contributed by atoms with Crippen LogP contribution in [0.5, 0.6) is 0 Å². The molecule has 108 valence electrons. The molecule has 0 spiro atoms. The summed E-state index contributed by atoms with van der Waals surface area (Å²) in [5, 5.41) is 2.83. The van der Waals surface area contributed by atoms with E-state index in [9.17, 15) is 4.39 Å². The smallest absolute Gasteiger partial charge is 0.169 e. The Morgan fingerprint density at radius 2 is 2.05 bits per heavy atom. The fourth-order valence-corrected chi connectivity index (χ4v) is 1.73. The lowest BCUT2D eigenvalue weighted by Gasteiger charge is -2.18. The van der Waals surface area contributed by atoms with Crippen molar-refractivity contribution in [1.82, 2.24) is 4.90 Å². The van der Waals surface area contributed by atoms with E-state index < -0.39 is 5.82 Å². The molecule has 0 atom stereocenters. The van der Waals surface area contributed by atoms with E-state index in [1.807, 2.05) is 7.05 Å². The Morgan fingerprint density at radius 1 is 1.37 bits per heavy atom. The highest BCUT2D eigenvalue weighted by Gasteiger charge is 2.13. The second kappa shape index (κ2) is 7.37. The van der Waals surface area contributed by atoms with Crippen molar-refractivity contribution < 1.29 is 9.13 Å². The van der Waals surface area contributed by atoms with Crippen LogP contribution in [0.15, 0.2) is 6.07 Å². The largest absolute Gasteiger partial charge is 0.397 e. The van der Waals surface area contributed by atoms with E-state index in [1.54, 1.807) is 7.11 Å². The molecule has 1 aromatic rings. The van der Waals surface area contributed by atoms with Crippen LogP contribution < -0.4 is 16.8 Å². The molecule has 1 rings (SSSR count). The first kappa shape index (κ1) is 15.8. The maximum absolute atomic E-state index is 13.9. The molecular weight excluding hydrogens is 271 g/mol. The van der Waals surface area contributed by atoms with Gasteiger partial charge in [-0.1, -0.05) is 11.6 Å². The number of hydrogen-bond donors (Lipinski definition) is 3. The highest BCUT2D eigenvalue weighted by molar-refractivity contribution is 6.33. The van der Waals surface area contributed by atoms with Gasteiger partial charge in [0.2, 0.25) is 0 Å². The van der Waals surface area contributed by atoms with Gasteiger partial charge in [-0.05, 0) is 13.1 Å². The van der Waals surface area contributed by atoms with Gasteiger partial charge in [0.15, 0.2) is 5.82 Å². The van der Waals surface area contributed by atoms with Gasteiger partial charge in [-0.25, -0.2) is 4.39 Å². The van der Waals surface area contributed by atoms with Crippen molar-refractivity contribution in [1.29, 1.82) is 0 Å². The Hall–Kier alpha value is -1.24. The van der Waals surface area contributed by atoms with Gasteiger partial charge in [-0.2, -0.15) is 0 Å². The summed E-state index contributed by atoms with van der Waals surface area (Å²) in [7, 11) is 3.61. The molecule has 0 aliphatic heterocycles. The van der Waals surface area contributed by atoms with Crippen LogP contribution in [-0.4, -0.2) is 45.3 Å². The van der Waals surface area contributed by atoms with Crippen LogP contribution in [0.4, 0.5) is 21.5 Å². The number of ether oxygens (including phenoxy) is 1. The first-order valence-electron chi connectivity index (χ1n) is 5.91. The van der Waals surface area contributed by atoms with Gasteiger partial charge in [0.1, 0.15) is 5.02 Å². The van der Waals surface area contributed by atoms with Crippen molar-refractivity contribution in [3.05, 3.63) is 16.9 Å². The van der Waals surface area contributed by atoms with E-state index in [-0.39, 0.29) is 22.1 Å². The minimum absolute atomic E-state index is 0.107. The fraction of sp³-hybridized carbons (Fsp3) is 0.500. The average Bonchev–Trinajstić information content (AvgIpc) is 2.37. The Morgan fingerprint density at radius 3 is 2.68 bits per heavy atom. The Labute approximate surface area is 117 Å². The van der Waals surface area contributed by atoms with E-state index >= 15 is 0 Å². The summed E-state index contributed by atoms with van der Waals surface area (Å²) in [4.78, 5) is 2.06. The number of halogens is 2. The molecule has 19 heavy (non-hydrogen) atoms. The van der Waals surface area contributed by atoms with Crippen LogP contribution in [0, 0.1) is 5.82 Å². The molecule has 5 nitrogen and oxygen atoms in total. The predicted octanol–water partition coefficient (Wildman–Crippen LogP) is 1.63. The number of methoxy groups -OCH3 is 1. The lowest BCUT2D eigenvalue weighted by molar-refractivity contribution is 0.163. The topological polar surface area (TPSA) is 76.5 Å². The standard InChI is InChI=1S/C12H20ClFN4O/c1-18(5-6-19-2)4-3-17-12-9(16)7-8(15)10(13)11(12)14/h7,17H,3-6,15-16H2,1-2H3. The van der Waals surface area contributed by atoms with Crippen molar-refractivity contribution in [3.63, 3.8) is 0 Å². The molecule has 0 aliphatic rings. The molecule has 0 saturated carbocycles. The summed E-state index contributed by atoms with van der Waals surface area (Å²) in [6.45, 7) is 2.73. The van der Waals surface area contributed by atoms with E-state index in [0.717, 1.165) is 13.1 Å². The van der Waals surface area contributed by atoms with Gasteiger partial charge >= 0.3 is 0 Å². The van der Waals surface area contributed by atoms with Crippen molar-refractivity contribution in [2.45, 2.75) is 0 Å². The summed E-state index contributed by atoms with van der Waals surface area (Å²) in [6, 6.07) is 1.45. The van der Waals surface area contributed by atoms with Crippen LogP contribution in [0.2, 0.25) is 5.02 Å². The highest BCUT2D eigenvalue weighted by atomic mass is 35.5. The van der Waals surface area contributed by atoms with Gasteiger partial charge < -0.3 is 26.4 Å². The van der Waals surface area contributed by atoms with Crippen LogP contribution in [-0.2, 0) is 4.74 Å². The summed E-state index contributed by atoms with van der Waals surface area (Å²) in [6.07, 6.45) is 0. The highest BCUT2D eigenvalue weighted by Crippen LogP contribution is 2.33. The third-order valence-corrected chi connectivity index (χ3v) is 3.12. The number of benzene rings is 1. The molecule has 0 fully saturated rings. The number of nitrogens with one attached hydrogen (secondary N) is 1. The van der Waals surface area contributed by atoms with Crippen molar-refractivity contribution in [3.8, 4) is 0 Å². The zero-order valence-corrected chi connectivity index (χ0v) is 11.9. The van der Waals surface area contributed by atoms with Gasteiger partial charge in [-0.15, -0.1) is 0 Å². The van der Waals surface area contributed by atoms with E-state index in [0.29, 0.717) is 13.2 Å². The zero-order chi connectivity index (χ0) is 14.4. The molecule has 7 heteroatoms. The van der Waals surface area contributed by atoms with Crippen LogP contribution in [0.1, 0.15) is 0 Å². The number of nitrogen functional groups attached to an aromatic ring is 2. The quantitative estimate of drug-likeness (QED) is 0.666. The Kier molecular flexibility index (Phi) is 6.14. The molecule has 5 N–H and O–H groups in total. The first-order valence-corrected chi connectivity index (χ1v) is 6.29. The number of rotatable bonds is 7. The van der Waals surface area contributed by atoms with Gasteiger partial charge in [0, 0.05) is 26.7 Å². The van der Waals surface area contributed by atoms with Crippen LogP contribution in [0.3, 0.4) is 0 Å². The van der Waals surface area contributed by atoms with Gasteiger partial charge in [-0.3, -0.25) is 0 Å². The zero-order valence-electron chi connectivity index (χ0n) is 11.2. The minimum atomic E-state index is -0.612. The number of anilines is 3. The Balaban J connectivity index is 2.56. The lowest BCUT2D eigenvalue weighted by atomic mass is 10.2. The number of hydrogen-bond acceptors (Lipinski definition) is 5. The van der Waals surface area contributed by atoms with Crippen LogP contribution in [0.25, 0.3) is 0 Å². The molecule has 0 radical (unpaired) electrons. The monoisotopic (exact) mass is 290 g/mol. The lowest BCUT2D eigenvalue weighted by Crippen LogP contribution is -2.28. The number of likely N-dealkylation sites (N-methyl/N-ethyl adjacent to an activating group) is 1. The molecule has 0 amide bonds. The molecule has 0 aromatic heterocycles.